The van der Waals surface area contributed by atoms with E-state index in [1.54, 1.807) is 7.11 Å². The Labute approximate surface area is 98.3 Å². The first-order valence-electron chi connectivity index (χ1n) is 5.59. The molecule has 1 saturated carbocycles. The molecule has 1 fully saturated rings. The van der Waals surface area contributed by atoms with Crippen molar-refractivity contribution in [1.82, 2.24) is 0 Å². The predicted molar refractivity (Wildman–Crippen MR) is 54.3 cm³/mol. The van der Waals surface area contributed by atoms with Crippen molar-refractivity contribution in [2.75, 3.05) is 13.7 Å². The highest BCUT2D eigenvalue weighted by atomic mass is 19.4. The molecule has 0 aromatic rings. The normalized spacial score (nSPS) is 30.1. The van der Waals surface area contributed by atoms with Gasteiger partial charge in [0.2, 0.25) is 0 Å². The van der Waals surface area contributed by atoms with Gasteiger partial charge in [-0.3, -0.25) is 4.79 Å². The van der Waals surface area contributed by atoms with Crippen molar-refractivity contribution >= 4 is 5.97 Å². The van der Waals surface area contributed by atoms with E-state index in [1.807, 2.05) is 6.92 Å². The zero-order chi connectivity index (χ0) is 13.1. The van der Waals surface area contributed by atoms with Crippen LogP contribution in [0, 0.1) is 11.8 Å². The fourth-order valence-electron chi connectivity index (χ4n) is 2.09. The maximum absolute atomic E-state index is 11.9. The van der Waals surface area contributed by atoms with Crippen LogP contribution < -0.4 is 0 Å². The molecule has 0 radical (unpaired) electrons. The second-order valence-corrected chi connectivity index (χ2v) is 4.48. The Bertz CT molecular complexity index is 265. The van der Waals surface area contributed by atoms with Crippen molar-refractivity contribution in [2.24, 2.45) is 11.8 Å². The molecule has 0 bridgehead atoms. The summed E-state index contributed by atoms with van der Waals surface area (Å²) < 4.78 is 45.2. The summed E-state index contributed by atoms with van der Waals surface area (Å²) >= 11 is 0. The Morgan fingerprint density at radius 2 is 2.00 bits per heavy atom. The van der Waals surface area contributed by atoms with Crippen LogP contribution in [0.1, 0.15) is 26.2 Å². The first kappa shape index (κ1) is 14.3. The van der Waals surface area contributed by atoms with Gasteiger partial charge in [0.05, 0.1) is 12.0 Å². The number of carbonyl (C=O) groups excluding carboxylic acids is 1. The van der Waals surface area contributed by atoms with Crippen LogP contribution in [0.25, 0.3) is 0 Å². The predicted octanol–water partition coefficient (Wildman–Crippen LogP) is 2.54. The zero-order valence-electron chi connectivity index (χ0n) is 9.92. The van der Waals surface area contributed by atoms with E-state index in [-0.39, 0.29) is 12.0 Å². The molecule has 17 heavy (non-hydrogen) atoms. The van der Waals surface area contributed by atoms with Gasteiger partial charge < -0.3 is 9.47 Å². The Morgan fingerprint density at radius 1 is 1.35 bits per heavy atom. The number of carbonyl (C=O) groups is 1. The van der Waals surface area contributed by atoms with Gasteiger partial charge in [0, 0.05) is 7.11 Å². The van der Waals surface area contributed by atoms with Crippen molar-refractivity contribution in [2.45, 2.75) is 38.5 Å². The van der Waals surface area contributed by atoms with Gasteiger partial charge in [-0.15, -0.1) is 0 Å². The minimum Gasteiger partial charge on any atom is -0.456 e. The van der Waals surface area contributed by atoms with Gasteiger partial charge in [0.1, 0.15) is 0 Å². The molecule has 0 amide bonds. The van der Waals surface area contributed by atoms with Crippen LogP contribution in [0.4, 0.5) is 13.2 Å². The van der Waals surface area contributed by atoms with Crippen molar-refractivity contribution < 1.29 is 27.4 Å². The van der Waals surface area contributed by atoms with E-state index in [9.17, 15) is 18.0 Å². The van der Waals surface area contributed by atoms with Crippen LogP contribution in [0.15, 0.2) is 0 Å². The Morgan fingerprint density at radius 3 is 2.53 bits per heavy atom. The molecule has 100 valence electrons. The van der Waals surface area contributed by atoms with Crippen LogP contribution in [0.5, 0.6) is 0 Å². The fraction of sp³-hybridized carbons (Fsp3) is 0.909. The highest BCUT2D eigenvalue weighted by Gasteiger charge is 2.36. The highest BCUT2D eigenvalue weighted by molar-refractivity contribution is 5.73. The molecule has 3 atom stereocenters. The molecule has 0 heterocycles. The molecule has 0 saturated heterocycles. The van der Waals surface area contributed by atoms with Crippen LogP contribution in [-0.2, 0) is 14.3 Å². The molecule has 0 aromatic carbocycles. The van der Waals surface area contributed by atoms with Crippen LogP contribution in [-0.4, -0.2) is 32.0 Å². The van der Waals surface area contributed by atoms with Gasteiger partial charge in [-0.1, -0.05) is 6.92 Å². The molecule has 1 aliphatic rings. The van der Waals surface area contributed by atoms with E-state index in [0.717, 1.165) is 12.8 Å². The van der Waals surface area contributed by atoms with Crippen molar-refractivity contribution in [3.63, 3.8) is 0 Å². The molecule has 0 spiro atoms. The number of halogens is 3. The van der Waals surface area contributed by atoms with E-state index in [2.05, 4.69) is 4.74 Å². The topological polar surface area (TPSA) is 35.5 Å². The molecular weight excluding hydrogens is 237 g/mol. The maximum atomic E-state index is 11.9. The SMILES string of the molecule is COC1CCC(C)C(C(=O)OCC(F)(F)F)C1. The molecule has 3 unspecified atom stereocenters. The van der Waals surface area contributed by atoms with Crippen molar-refractivity contribution in [1.29, 1.82) is 0 Å². The first-order valence-corrected chi connectivity index (χ1v) is 5.59. The molecule has 1 rings (SSSR count). The summed E-state index contributed by atoms with van der Waals surface area (Å²) in [4.78, 5) is 11.5. The lowest BCUT2D eigenvalue weighted by Crippen LogP contribution is -2.35. The standard InChI is InChI=1S/C11H17F3O3/c1-7-3-4-8(16-2)5-9(7)10(15)17-6-11(12,13)14/h7-9H,3-6H2,1-2H3. The van der Waals surface area contributed by atoms with Gasteiger partial charge in [0.25, 0.3) is 0 Å². The molecule has 6 heteroatoms. The van der Waals surface area contributed by atoms with Crippen molar-refractivity contribution in [3.05, 3.63) is 0 Å². The van der Waals surface area contributed by atoms with Gasteiger partial charge in [0.15, 0.2) is 6.61 Å². The molecule has 0 aromatic heterocycles. The smallest absolute Gasteiger partial charge is 0.422 e. The van der Waals surface area contributed by atoms with E-state index >= 15 is 0 Å². The summed E-state index contributed by atoms with van der Waals surface area (Å²) in [7, 11) is 1.54. The zero-order valence-corrected chi connectivity index (χ0v) is 9.92. The third-order valence-corrected chi connectivity index (χ3v) is 3.16. The van der Waals surface area contributed by atoms with Gasteiger partial charge >= 0.3 is 12.1 Å². The summed E-state index contributed by atoms with van der Waals surface area (Å²) in [6.07, 6.45) is -2.48. The van der Waals surface area contributed by atoms with Gasteiger partial charge in [-0.05, 0) is 25.2 Å². The quantitative estimate of drug-likeness (QED) is 0.726. The molecule has 0 N–H and O–H groups in total. The third kappa shape index (κ3) is 4.53. The number of ether oxygens (including phenoxy) is 2. The molecular formula is C11H17F3O3. The number of rotatable bonds is 3. The van der Waals surface area contributed by atoms with E-state index in [4.69, 9.17) is 4.74 Å². The van der Waals surface area contributed by atoms with Gasteiger partial charge in [-0.2, -0.15) is 13.2 Å². The Kier molecular flexibility index (Phi) is 4.80. The number of esters is 1. The molecule has 3 nitrogen and oxygen atoms in total. The number of hydrogen-bond acceptors (Lipinski definition) is 3. The monoisotopic (exact) mass is 254 g/mol. The maximum Gasteiger partial charge on any atom is 0.422 e. The van der Waals surface area contributed by atoms with Crippen LogP contribution in [0.3, 0.4) is 0 Å². The summed E-state index contributed by atoms with van der Waals surface area (Å²) in [5, 5.41) is 0. The molecule has 0 aliphatic heterocycles. The van der Waals surface area contributed by atoms with Crippen LogP contribution in [0.2, 0.25) is 0 Å². The van der Waals surface area contributed by atoms with Crippen molar-refractivity contribution in [3.8, 4) is 0 Å². The Hall–Kier alpha value is -0.780. The first-order chi connectivity index (χ1) is 7.83. The molecule has 1 aliphatic carbocycles. The summed E-state index contributed by atoms with van der Waals surface area (Å²) in [5.41, 5.74) is 0. The second kappa shape index (κ2) is 5.71. The number of alkyl halides is 3. The largest absolute Gasteiger partial charge is 0.456 e. The Balaban J connectivity index is 2.49. The second-order valence-electron chi connectivity index (χ2n) is 4.48. The van der Waals surface area contributed by atoms with Crippen LogP contribution >= 0.6 is 0 Å². The lowest BCUT2D eigenvalue weighted by Gasteiger charge is -2.32. The minimum atomic E-state index is -4.46. The number of hydrogen-bond donors (Lipinski definition) is 0. The summed E-state index contributed by atoms with van der Waals surface area (Å²) in [6.45, 7) is 0.345. The average Bonchev–Trinajstić information content (AvgIpc) is 2.25. The summed E-state index contributed by atoms with van der Waals surface area (Å²) in [6, 6.07) is 0. The summed E-state index contributed by atoms with van der Waals surface area (Å²) in [5.74, 6) is -1.21. The lowest BCUT2D eigenvalue weighted by molar-refractivity contribution is -0.191. The van der Waals surface area contributed by atoms with Gasteiger partial charge in [-0.25, -0.2) is 0 Å². The van der Waals surface area contributed by atoms with E-state index in [1.165, 1.54) is 0 Å². The fourth-order valence-corrected chi connectivity index (χ4v) is 2.09. The lowest BCUT2D eigenvalue weighted by atomic mass is 9.79. The van der Waals surface area contributed by atoms with E-state index in [0.29, 0.717) is 6.42 Å². The average molecular weight is 254 g/mol. The third-order valence-electron chi connectivity index (χ3n) is 3.16. The number of methoxy groups -OCH3 is 1. The highest BCUT2D eigenvalue weighted by Crippen LogP contribution is 2.32. The van der Waals surface area contributed by atoms with E-state index < -0.39 is 24.7 Å². The minimum absolute atomic E-state index is 0.0436.